The van der Waals surface area contributed by atoms with E-state index in [4.69, 9.17) is 0 Å². The van der Waals surface area contributed by atoms with Gasteiger partial charge in [-0.25, -0.2) is 4.39 Å². The number of hydrogen-bond acceptors (Lipinski definition) is 3. The normalized spacial score (nSPS) is 13.6. The second-order valence-corrected chi connectivity index (χ2v) is 8.74. The number of rotatable bonds is 8. The first kappa shape index (κ1) is 23.9. The zero-order valence-electron chi connectivity index (χ0n) is 19.5. The number of aliphatic hydroxyl groups is 1. The van der Waals surface area contributed by atoms with Crippen LogP contribution in [0.1, 0.15) is 34.2 Å². The highest BCUT2D eigenvalue weighted by molar-refractivity contribution is 5.84. The van der Waals surface area contributed by atoms with Crippen LogP contribution in [-0.2, 0) is 24.2 Å². The molecule has 0 aliphatic heterocycles. The Hall–Kier alpha value is -3.28. The Morgan fingerprint density at radius 2 is 1.59 bits per heavy atom. The number of nitrogens with one attached hydrogen (secondary N) is 1. The molecule has 0 saturated carbocycles. The minimum Gasteiger partial charge on any atom is -0.394 e. The van der Waals surface area contributed by atoms with Crippen molar-refractivity contribution in [1.29, 1.82) is 0 Å². The average molecular weight is 459 g/mol. The number of aliphatic hydroxyl groups excluding tert-OH is 1. The third-order valence-corrected chi connectivity index (χ3v) is 6.50. The molecule has 5 heteroatoms. The number of carbonyl (C=O) groups excluding carboxylic acids is 1. The fraction of sp³-hybridized carbons (Fsp3) is 0.276. The van der Waals surface area contributed by atoms with Crippen molar-refractivity contribution >= 4 is 11.5 Å². The highest BCUT2D eigenvalue weighted by Gasteiger charge is 2.22. The Bertz CT molecular complexity index is 1110. The summed E-state index contributed by atoms with van der Waals surface area (Å²) in [5, 5.41) is 12.7. The Labute approximate surface area is 200 Å². The molecule has 0 spiro atoms. The van der Waals surface area contributed by atoms with E-state index in [-0.39, 0.29) is 18.3 Å². The fourth-order valence-corrected chi connectivity index (χ4v) is 4.54. The van der Waals surface area contributed by atoms with Gasteiger partial charge >= 0.3 is 0 Å². The molecule has 1 amide bonds. The van der Waals surface area contributed by atoms with Gasteiger partial charge in [-0.15, -0.1) is 0 Å². The maximum atomic E-state index is 13.1. The largest absolute Gasteiger partial charge is 0.394 e. The molecule has 3 aromatic carbocycles. The summed E-state index contributed by atoms with van der Waals surface area (Å²) in [5.74, 6) is -0.553. The summed E-state index contributed by atoms with van der Waals surface area (Å²) >= 11 is 0. The molecule has 1 aliphatic carbocycles. The van der Waals surface area contributed by atoms with E-state index >= 15 is 0 Å². The molecule has 176 valence electrons. The molecule has 4 rings (SSSR count). The summed E-state index contributed by atoms with van der Waals surface area (Å²) in [4.78, 5) is 14.6. The Morgan fingerprint density at radius 1 is 1.00 bits per heavy atom. The van der Waals surface area contributed by atoms with Crippen LogP contribution in [0.15, 0.2) is 78.9 Å². The number of halogens is 1. The van der Waals surface area contributed by atoms with Gasteiger partial charge in [0.05, 0.1) is 6.61 Å². The van der Waals surface area contributed by atoms with Crippen molar-refractivity contribution in [2.45, 2.75) is 31.8 Å². The van der Waals surface area contributed by atoms with Crippen LogP contribution < -0.4 is 5.32 Å². The average Bonchev–Trinajstić information content (AvgIpc) is 3.01. The maximum Gasteiger partial charge on any atom is 0.239 e. The summed E-state index contributed by atoms with van der Waals surface area (Å²) in [6.07, 6.45) is 5.04. The fourth-order valence-electron chi connectivity index (χ4n) is 4.54. The SMILES string of the molecule is CN(CCC=C1c2ccccc2CCc2ccccc21)C(CO)C(=O)NCc1ccc(F)cc1. The molecule has 1 aliphatic rings. The second kappa shape index (κ2) is 11.2. The van der Waals surface area contributed by atoms with Gasteiger partial charge in [0.25, 0.3) is 0 Å². The number of carbonyl (C=O) groups is 1. The van der Waals surface area contributed by atoms with Gasteiger partial charge in [0.1, 0.15) is 11.9 Å². The van der Waals surface area contributed by atoms with Gasteiger partial charge < -0.3 is 10.4 Å². The van der Waals surface area contributed by atoms with Crippen LogP contribution in [0, 0.1) is 5.82 Å². The number of benzene rings is 3. The van der Waals surface area contributed by atoms with Crippen LogP contribution in [0.25, 0.3) is 5.57 Å². The van der Waals surface area contributed by atoms with Crippen molar-refractivity contribution in [2.75, 3.05) is 20.2 Å². The molecule has 0 fully saturated rings. The molecule has 0 aromatic heterocycles. The summed E-state index contributed by atoms with van der Waals surface area (Å²) in [7, 11) is 1.85. The van der Waals surface area contributed by atoms with E-state index in [0.29, 0.717) is 13.1 Å². The van der Waals surface area contributed by atoms with Crippen molar-refractivity contribution in [3.63, 3.8) is 0 Å². The van der Waals surface area contributed by atoms with Gasteiger partial charge in [-0.2, -0.15) is 0 Å². The number of aryl methyl sites for hydroxylation is 2. The van der Waals surface area contributed by atoms with Crippen LogP contribution in [0.3, 0.4) is 0 Å². The first-order valence-electron chi connectivity index (χ1n) is 11.8. The standard InChI is InChI=1S/C29H31FN2O2/c1-32(28(20-33)29(34)31-19-21-12-16-24(30)17-13-21)18-6-11-27-25-9-4-2-7-22(25)14-15-23-8-3-5-10-26(23)27/h2-5,7-13,16-17,28,33H,6,14-15,18-20H2,1H3,(H,31,34). The van der Waals surface area contributed by atoms with E-state index in [9.17, 15) is 14.3 Å². The minimum atomic E-state index is -0.646. The summed E-state index contributed by atoms with van der Waals surface area (Å²) in [5.41, 5.74) is 7.29. The molecule has 1 unspecified atom stereocenters. The van der Waals surface area contributed by atoms with Gasteiger partial charge in [-0.05, 0) is 71.8 Å². The molecule has 2 N–H and O–H groups in total. The van der Waals surface area contributed by atoms with E-state index in [2.05, 4.69) is 59.9 Å². The number of hydrogen-bond donors (Lipinski definition) is 2. The van der Waals surface area contributed by atoms with E-state index < -0.39 is 6.04 Å². The Kier molecular flexibility index (Phi) is 7.88. The van der Waals surface area contributed by atoms with Crippen LogP contribution in [-0.4, -0.2) is 42.2 Å². The van der Waals surface area contributed by atoms with Crippen molar-refractivity contribution in [2.24, 2.45) is 0 Å². The molecule has 0 radical (unpaired) electrons. The van der Waals surface area contributed by atoms with Crippen molar-refractivity contribution < 1.29 is 14.3 Å². The molecule has 0 bridgehead atoms. The lowest BCUT2D eigenvalue weighted by atomic mass is 9.93. The number of likely N-dealkylation sites (N-methyl/N-ethyl adjacent to an activating group) is 1. The topological polar surface area (TPSA) is 52.6 Å². The highest BCUT2D eigenvalue weighted by atomic mass is 19.1. The summed E-state index contributed by atoms with van der Waals surface area (Å²) in [6, 6.07) is 22.5. The lowest BCUT2D eigenvalue weighted by Crippen LogP contribution is -2.47. The van der Waals surface area contributed by atoms with Crippen molar-refractivity contribution in [1.82, 2.24) is 10.2 Å². The third-order valence-electron chi connectivity index (χ3n) is 6.50. The predicted molar refractivity (Wildman–Crippen MR) is 134 cm³/mol. The van der Waals surface area contributed by atoms with Crippen molar-refractivity contribution in [3.05, 3.63) is 113 Å². The first-order chi connectivity index (χ1) is 16.6. The van der Waals surface area contributed by atoms with E-state index in [1.54, 1.807) is 12.1 Å². The van der Waals surface area contributed by atoms with Crippen molar-refractivity contribution in [3.8, 4) is 0 Å². The number of nitrogens with zero attached hydrogens (tertiary/aromatic N) is 1. The molecular weight excluding hydrogens is 427 g/mol. The summed E-state index contributed by atoms with van der Waals surface area (Å²) in [6.45, 7) is 0.651. The van der Waals surface area contributed by atoms with Gasteiger partial charge in [-0.3, -0.25) is 9.69 Å². The maximum absolute atomic E-state index is 13.1. The lowest BCUT2D eigenvalue weighted by molar-refractivity contribution is -0.127. The Balaban J connectivity index is 1.43. The van der Waals surface area contributed by atoms with Gasteiger partial charge in [0.2, 0.25) is 5.91 Å². The van der Waals surface area contributed by atoms with Gasteiger partial charge in [0.15, 0.2) is 0 Å². The lowest BCUT2D eigenvalue weighted by Gasteiger charge is -2.25. The molecule has 4 nitrogen and oxygen atoms in total. The molecule has 34 heavy (non-hydrogen) atoms. The molecule has 1 atom stereocenters. The second-order valence-electron chi connectivity index (χ2n) is 8.74. The zero-order valence-corrected chi connectivity index (χ0v) is 19.5. The smallest absolute Gasteiger partial charge is 0.239 e. The van der Waals surface area contributed by atoms with E-state index in [0.717, 1.165) is 24.8 Å². The molecule has 0 saturated heterocycles. The Morgan fingerprint density at radius 3 is 2.18 bits per heavy atom. The van der Waals surface area contributed by atoms with Crippen LogP contribution in [0.5, 0.6) is 0 Å². The van der Waals surface area contributed by atoms with Crippen LogP contribution in [0.4, 0.5) is 4.39 Å². The number of amides is 1. The zero-order chi connectivity index (χ0) is 23.9. The van der Waals surface area contributed by atoms with Crippen LogP contribution >= 0.6 is 0 Å². The summed E-state index contributed by atoms with van der Waals surface area (Å²) < 4.78 is 13.1. The molecule has 0 heterocycles. The first-order valence-corrected chi connectivity index (χ1v) is 11.8. The monoisotopic (exact) mass is 458 g/mol. The predicted octanol–water partition coefficient (Wildman–Crippen LogP) is 4.36. The number of fused-ring (bicyclic) bond motifs is 2. The quantitative estimate of drug-likeness (QED) is 0.528. The minimum absolute atomic E-state index is 0.243. The van der Waals surface area contributed by atoms with Crippen LogP contribution in [0.2, 0.25) is 0 Å². The van der Waals surface area contributed by atoms with E-state index in [1.165, 1.54) is 40.0 Å². The van der Waals surface area contributed by atoms with Gasteiger partial charge in [0, 0.05) is 13.1 Å². The van der Waals surface area contributed by atoms with E-state index in [1.807, 2.05) is 11.9 Å². The van der Waals surface area contributed by atoms with Gasteiger partial charge in [-0.1, -0.05) is 66.7 Å². The highest BCUT2D eigenvalue weighted by Crippen LogP contribution is 2.33. The molecule has 3 aromatic rings. The third kappa shape index (κ3) is 5.61. The molecular formula is C29H31FN2O2.